The fourth-order valence-electron chi connectivity index (χ4n) is 2.11. The molecule has 0 aliphatic carbocycles. The van der Waals surface area contributed by atoms with Crippen molar-refractivity contribution in [3.63, 3.8) is 0 Å². The van der Waals surface area contributed by atoms with Crippen LogP contribution in [0.15, 0.2) is 59.5 Å². The maximum Gasteiger partial charge on any atom is 1.00 e. The van der Waals surface area contributed by atoms with Gasteiger partial charge in [-0.05, 0) is 30.2 Å². The third-order valence-corrected chi connectivity index (χ3v) is 4.58. The van der Waals surface area contributed by atoms with E-state index in [4.69, 9.17) is 0 Å². The number of carbonyl (C=O) groups is 1. The van der Waals surface area contributed by atoms with Crippen molar-refractivity contribution >= 4 is 34.3 Å². The Morgan fingerprint density at radius 1 is 1.12 bits per heavy atom. The van der Waals surface area contributed by atoms with E-state index in [-0.39, 0.29) is 52.0 Å². The molecule has 0 saturated carbocycles. The predicted molar refractivity (Wildman–Crippen MR) is 90.5 cm³/mol. The van der Waals surface area contributed by atoms with Crippen LogP contribution in [0.4, 0.5) is 5.69 Å². The molecule has 0 fully saturated rings. The van der Waals surface area contributed by atoms with E-state index in [1.807, 2.05) is 30.3 Å². The summed E-state index contributed by atoms with van der Waals surface area (Å²) in [6.45, 7) is 0. The van der Waals surface area contributed by atoms with Crippen molar-refractivity contribution in [2.75, 3.05) is 11.1 Å². The molecule has 0 heterocycles. The average molecular weight is 373 g/mol. The number of hydrogen-bond donors (Lipinski definition) is 2. The minimum absolute atomic E-state index is 0. The van der Waals surface area contributed by atoms with E-state index in [0.29, 0.717) is 12.2 Å². The Kier molecular flexibility index (Phi) is 8.49. The fourth-order valence-corrected chi connectivity index (χ4v) is 2.92. The molecule has 1 atom stereocenters. The summed E-state index contributed by atoms with van der Waals surface area (Å²) in [6.07, 6.45) is 0.524. The van der Waals surface area contributed by atoms with E-state index in [1.165, 1.54) is 18.2 Å². The van der Waals surface area contributed by atoms with E-state index >= 15 is 0 Å². The maximum atomic E-state index is 12.3. The minimum atomic E-state index is -4.55. The van der Waals surface area contributed by atoms with Crippen LogP contribution >= 0.6 is 12.6 Å². The van der Waals surface area contributed by atoms with E-state index in [1.54, 1.807) is 0 Å². The molecule has 0 saturated heterocycles. The Hall–Kier alpha value is -0.830. The van der Waals surface area contributed by atoms with Gasteiger partial charge in [-0.1, -0.05) is 36.4 Å². The number of nitrogens with one attached hydrogen (secondary N) is 1. The van der Waals surface area contributed by atoms with E-state index in [9.17, 15) is 17.8 Å². The van der Waals surface area contributed by atoms with Gasteiger partial charge in [-0.25, -0.2) is 8.42 Å². The number of hydrogen-bond acceptors (Lipinski definition) is 5. The number of anilines is 1. The van der Waals surface area contributed by atoms with Crippen molar-refractivity contribution in [1.29, 1.82) is 0 Å². The van der Waals surface area contributed by atoms with Gasteiger partial charge in [-0.3, -0.25) is 4.79 Å². The quantitative estimate of drug-likeness (QED) is 0.399. The predicted octanol–water partition coefficient (Wildman–Crippen LogP) is -0.678. The molecular formula is C16H16NNaO4S2. The van der Waals surface area contributed by atoms with Gasteiger partial charge in [0, 0.05) is 11.4 Å². The monoisotopic (exact) mass is 373 g/mol. The van der Waals surface area contributed by atoms with Crippen LogP contribution in [0.3, 0.4) is 0 Å². The summed E-state index contributed by atoms with van der Waals surface area (Å²) in [5.41, 5.74) is 1.28. The van der Waals surface area contributed by atoms with Gasteiger partial charge in [0.1, 0.15) is 10.1 Å². The Labute approximate surface area is 169 Å². The number of carbonyl (C=O) groups excluding carboxylic acids is 1. The molecule has 0 radical (unpaired) electrons. The van der Waals surface area contributed by atoms with Crippen molar-refractivity contribution in [3.8, 4) is 0 Å². The molecule has 8 heteroatoms. The topological polar surface area (TPSA) is 86.3 Å². The molecule has 0 spiro atoms. The summed E-state index contributed by atoms with van der Waals surface area (Å²) in [7, 11) is -4.55. The number of thiol groups is 1. The SMILES string of the molecule is O=C(Nc1cccc(S(=O)(=O)[O-])c1)C(CS)Cc1ccccc1.[Na+]. The molecule has 1 unspecified atom stereocenters. The van der Waals surface area contributed by atoms with Gasteiger partial charge < -0.3 is 9.87 Å². The van der Waals surface area contributed by atoms with Gasteiger partial charge in [-0.15, -0.1) is 0 Å². The number of benzene rings is 2. The minimum Gasteiger partial charge on any atom is -0.744 e. The van der Waals surface area contributed by atoms with Crippen molar-refractivity contribution in [2.24, 2.45) is 5.92 Å². The van der Waals surface area contributed by atoms with Crippen LogP contribution in [0.1, 0.15) is 5.56 Å². The molecule has 0 aliphatic heterocycles. The summed E-state index contributed by atoms with van der Waals surface area (Å²) in [4.78, 5) is 11.9. The van der Waals surface area contributed by atoms with Gasteiger partial charge >= 0.3 is 29.6 Å². The Balaban J connectivity index is 0.00000288. The van der Waals surface area contributed by atoms with Gasteiger partial charge in [0.2, 0.25) is 5.91 Å². The Morgan fingerprint density at radius 3 is 2.38 bits per heavy atom. The van der Waals surface area contributed by atoms with Gasteiger partial charge in [0.05, 0.1) is 10.8 Å². The van der Waals surface area contributed by atoms with Crippen molar-refractivity contribution in [3.05, 3.63) is 60.2 Å². The van der Waals surface area contributed by atoms with E-state index in [2.05, 4.69) is 17.9 Å². The van der Waals surface area contributed by atoms with Gasteiger partial charge in [-0.2, -0.15) is 12.6 Å². The first kappa shape index (κ1) is 21.2. The van der Waals surface area contributed by atoms with Crippen molar-refractivity contribution in [1.82, 2.24) is 0 Å². The van der Waals surface area contributed by atoms with Gasteiger partial charge in [0.25, 0.3) is 0 Å². The summed E-state index contributed by atoms with van der Waals surface area (Å²) in [5.74, 6) is -0.294. The van der Waals surface area contributed by atoms with Crippen LogP contribution in [0.5, 0.6) is 0 Å². The molecular weight excluding hydrogens is 357 g/mol. The fraction of sp³-hybridized carbons (Fsp3) is 0.188. The largest absolute Gasteiger partial charge is 1.00 e. The van der Waals surface area contributed by atoms with Gasteiger partial charge in [0.15, 0.2) is 0 Å². The van der Waals surface area contributed by atoms with E-state index < -0.39 is 10.1 Å². The van der Waals surface area contributed by atoms with Crippen molar-refractivity contribution in [2.45, 2.75) is 11.3 Å². The molecule has 5 nitrogen and oxygen atoms in total. The number of rotatable bonds is 6. The second-order valence-corrected chi connectivity index (χ2v) is 6.79. The average Bonchev–Trinajstić information content (AvgIpc) is 2.53. The maximum absolute atomic E-state index is 12.3. The molecule has 1 N–H and O–H groups in total. The zero-order chi connectivity index (χ0) is 16.9. The molecule has 24 heavy (non-hydrogen) atoms. The van der Waals surface area contributed by atoms with Crippen LogP contribution in [0.2, 0.25) is 0 Å². The third kappa shape index (κ3) is 6.23. The molecule has 122 valence electrons. The second kappa shape index (κ2) is 9.60. The second-order valence-electron chi connectivity index (χ2n) is 5.04. The number of amides is 1. The first-order valence-electron chi connectivity index (χ1n) is 6.92. The van der Waals surface area contributed by atoms with E-state index in [0.717, 1.165) is 11.6 Å². The molecule has 2 aromatic carbocycles. The van der Waals surface area contributed by atoms with Crippen molar-refractivity contribution < 1.29 is 47.3 Å². The molecule has 2 rings (SSSR count). The molecule has 0 bridgehead atoms. The molecule has 0 aliphatic rings. The molecule has 0 aromatic heterocycles. The Morgan fingerprint density at radius 2 is 1.79 bits per heavy atom. The normalized spacial score (nSPS) is 12.1. The first-order chi connectivity index (χ1) is 10.9. The first-order valence-corrected chi connectivity index (χ1v) is 8.96. The molecule has 2 aromatic rings. The summed E-state index contributed by atoms with van der Waals surface area (Å²) in [6, 6.07) is 14.8. The summed E-state index contributed by atoms with van der Waals surface area (Å²) >= 11 is 4.21. The van der Waals surface area contributed by atoms with Crippen LogP contribution in [0.25, 0.3) is 0 Å². The third-order valence-electron chi connectivity index (χ3n) is 3.31. The van der Waals surface area contributed by atoms with Crippen LogP contribution in [-0.2, 0) is 21.3 Å². The van der Waals surface area contributed by atoms with Crippen LogP contribution < -0.4 is 34.9 Å². The zero-order valence-electron chi connectivity index (χ0n) is 13.2. The standard InChI is InChI=1S/C16H17NO4S2.Na/c18-16(13(11-22)9-12-5-2-1-3-6-12)17-14-7-4-8-15(10-14)23(19,20)21;/h1-8,10,13,22H,9,11H2,(H,17,18)(H,19,20,21);/q;+1/p-1. The summed E-state index contributed by atoms with van der Waals surface area (Å²) < 4.78 is 33.1. The van der Waals surface area contributed by atoms with Crippen LogP contribution in [-0.4, -0.2) is 24.6 Å². The zero-order valence-corrected chi connectivity index (χ0v) is 16.9. The van der Waals surface area contributed by atoms with Crippen LogP contribution in [0, 0.1) is 5.92 Å². The smallest absolute Gasteiger partial charge is 0.744 e. The molecule has 1 amide bonds. The summed E-state index contributed by atoms with van der Waals surface area (Å²) in [5, 5.41) is 2.63. The Bertz CT molecular complexity index is 782.